The molecule has 0 atom stereocenters. The first-order chi connectivity index (χ1) is 10.5. The monoisotopic (exact) mass is 357 g/mol. The molecule has 0 radical (unpaired) electrons. The van der Waals surface area contributed by atoms with Crippen LogP contribution in [-0.2, 0) is 11.2 Å². The van der Waals surface area contributed by atoms with Crippen LogP contribution in [0.3, 0.4) is 0 Å². The van der Waals surface area contributed by atoms with Crippen LogP contribution in [0.25, 0.3) is 0 Å². The first-order valence-electron chi connectivity index (χ1n) is 6.57. The van der Waals surface area contributed by atoms with Gasteiger partial charge >= 0.3 is 0 Å². The van der Waals surface area contributed by atoms with Crippen LogP contribution in [-0.4, -0.2) is 13.0 Å². The molecule has 0 spiro atoms. The van der Waals surface area contributed by atoms with Crippen LogP contribution in [0.15, 0.2) is 36.4 Å². The van der Waals surface area contributed by atoms with Crippen molar-refractivity contribution in [2.75, 3.05) is 12.4 Å². The Balaban J connectivity index is 2.00. The summed E-state index contributed by atoms with van der Waals surface area (Å²) in [5.74, 6) is 0.411. The van der Waals surface area contributed by atoms with Gasteiger partial charge in [0.05, 0.1) is 12.8 Å². The summed E-state index contributed by atoms with van der Waals surface area (Å²) in [6.07, 6.45) is 0.807. The van der Waals surface area contributed by atoms with E-state index in [2.05, 4.69) is 5.32 Å². The number of benzene rings is 2. The zero-order chi connectivity index (χ0) is 16.1. The van der Waals surface area contributed by atoms with Gasteiger partial charge in [0, 0.05) is 21.5 Å². The second-order valence-corrected chi connectivity index (χ2v) is 5.91. The molecule has 0 aliphatic heterocycles. The lowest BCUT2D eigenvalue weighted by Gasteiger charge is -2.11. The molecule has 0 bridgehead atoms. The van der Waals surface area contributed by atoms with E-state index in [4.69, 9.17) is 39.5 Å². The standard InChI is InChI=1S/C16H14Cl3NO2/c1-22-15-6-5-12(18)9-14(15)20-16(21)7-3-10-2-4-11(17)8-13(10)19/h2,4-6,8-9H,3,7H2,1H3,(H,20,21). The molecule has 1 N–H and O–H groups in total. The van der Waals surface area contributed by atoms with Crippen molar-refractivity contribution in [3.8, 4) is 5.75 Å². The van der Waals surface area contributed by atoms with Crippen LogP contribution < -0.4 is 10.1 Å². The highest BCUT2D eigenvalue weighted by atomic mass is 35.5. The smallest absolute Gasteiger partial charge is 0.224 e. The van der Waals surface area contributed by atoms with Crippen molar-refractivity contribution in [2.24, 2.45) is 0 Å². The molecular formula is C16H14Cl3NO2. The molecule has 0 aromatic heterocycles. The third kappa shape index (κ3) is 4.54. The van der Waals surface area contributed by atoms with Crippen LogP contribution >= 0.6 is 34.8 Å². The number of methoxy groups -OCH3 is 1. The topological polar surface area (TPSA) is 38.3 Å². The predicted octanol–water partition coefficient (Wildman–Crippen LogP) is 5.23. The second kappa shape index (κ2) is 7.73. The summed E-state index contributed by atoms with van der Waals surface area (Å²) >= 11 is 17.9. The van der Waals surface area contributed by atoms with Crippen LogP contribution in [0.2, 0.25) is 15.1 Å². The number of hydrogen-bond acceptors (Lipinski definition) is 2. The Morgan fingerprint density at radius 1 is 1.09 bits per heavy atom. The molecule has 6 heteroatoms. The maximum atomic E-state index is 12.1. The van der Waals surface area contributed by atoms with Crippen molar-refractivity contribution in [3.63, 3.8) is 0 Å². The molecule has 116 valence electrons. The van der Waals surface area contributed by atoms with Crippen molar-refractivity contribution in [1.29, 1.82) is 0 Å². The summed E-state index contributed by atoms with van der Waals surface area (Å²) in [6, 6.07) is 10.3. The average molecular weight is 359 g/mol. The molecule has 0 aliphatic rings. The molecule has 2 aromatic carbocycles. The number of amides is 1. The minimum atomic E-state index is -0.147. The van der Waals surface area contributed by atoms with Crippen LogP contribution in [0.5, 0.6) is 5.75 Å². The number of rotatable bonds is 5. The molecule has 0 saturated carbocycles. The van der Waals surface area contributed by atoms with Gasteiger partial charge in [-0.3, -0.25) is 4.79 Å². The van der Waals surface area contributed by atoms with Crippen LogP contribution in [0, 0.1) is 0 Å². The van der Waals surface area contributed by atoms with Crippen molar-refractivity contribution in [1.82, 2.24) is 0 Å². The molecule has 3 nitrogen and oxygen atoms in total. The summed E-state index contributed by atoms with van der Waals surface area (Å²) in [5.41, 5.74) is 1.42. The highest BCUT2D eigenvalue weighted by molar-refractivity contribution is 6.35. The van der Waals surface area contributed by atoms with E-state index in [1.807, 2.05) is 6.07 Å². The van der Waals surface area contributed by atoms with Gasteiger partial charge in [0.2, 0.25) is 5.91 Å². The number of ether oxygens (including phenoxy) is 1. The van der Waals surface area contributed by atoms with Crippen molar-refractivity contribution < 1.29 is 9.53 Å². The minimum absolute atomic E-state index is 0.147. The predicted molar refractivity (Wildman–Crippen MR) is 91.4 cm³/mol. The summed E-state index contributed by atoms with van der Waals surface area (Å²) < 4.78 is 5.19. The normalized spacial score (nSPS) is 10.4. The van der Waals surface area contributed by atoms with E-state index in [-0.39, 0.29) is 12.3 Å². The number of halogens is 3. The second-order valence-electron chi connectivity index (χ2n) is 4.63. The van der Waals surface area contributed by atoms with E-state index in [9.17, 15) is 4.79 Å². The maximum absolute atomic E-state index is 12.1. The summed E-state index contributed by atoms with van der Waals surface area (Å²) in [4.78, 5) is 12.1. The molecule has 0 heterocycles. The Bertz CT molecular complexity index is 689. The highest BCUT2D eigenvalue weighted by Gasteiger charge is 2.10. The fourth-order valence-corrected chi connectivity index (χ4v) is 2.64. The maximum Gasteiger partial charge on any atom is 0.224 e. The summed E-state index contributed by atoms with van der Waals surface area (Å²) in [6.45, 7) is 0. The van der Waals surface area contributed by atoms with E-state index < -0.39 is 0 Å². The molecule has 1 amide bonds. The van der Waals surface area contributed by atoms with Gasteiger partial charge in [-0.25, -0.2) is 0 Å². The van der Waals surface area contributed by atoms with Gasteiger partial charge < -0.3 is 10.1 Å². The van der Waals surface area contributed by atoms with Gasteiger partial charge in [0.1, 0.15) is 5.75 Å². The zero-order valence-corrected chi connectivity index (χ0v) is 14.1. The lowest BCUT2D eigenvalue weighted by molar-refractivity contribution is -0.116. The van der Waals surface area contributed by atoms with Gasteiger partial charge in [0.25, 0.3) is 0 Å². The number of carbonyl (C=O) groups is 1. The third-order valence-corrected chi connectivity index (χ3v) is 3.89. The van der Waals surface area contributed by atoms with E-state index in [1.54, 1.807) is 30.3 Å². The van der Waals surface area contributed by atoms with E-state index in [1.165, 1.54) is 7.11 Å². The Kier molecular flexibility index (Phi) is 5.95. The molecule has 22 heavy (non-hydrogen) atoms. The molecule has 2 rings (SSSR count). The Labute approximate surface area is 144 Å². The fourth-order valence-electron chi connectivity index (χ4n) is 1.96. The number of nitrogens with one attached hydrogen (secondary N) is 1. The van der Waals surface area contributed by atoms with Gasteiger partial charge in [-0.05, 0) is 42.3 Å². The first-order valence-corrected chi connectivity index (χ1v) is 7.70. The highest BCUT2D eigenvalue weighted by Crippen LogP contribution is 2.28. The molecule has 0 saturated heterocycles. The number of anilines is 1. The molecule has 2 aromatic rings. The van der Waals surface area contributed by atoms with Crippen molar-refractivity contribution >= 4 is 46.4 Å². The van der Waals surface area contributed by atoms with Gasteiger partial charge in [-0.2, -0.15) is 0 Å². The molecule has 0 unspecified atom stereocenters. The zero-order valence-electron chi connectivity index (χ0n) is 11.8. The van der Waals surface area contributed by atoms with Crippen LogP contribution in [0.4, 0.5) is 5.69 Å². The SMILES string of the molecule is COc1ccc(Cl)cc1NC(=O)CCc1ccc(Cl)cc1Cl. The van der Waals surface area contributed by atoms with Gasteiger partial charge in [0.15, 0.2) is 0 Å². The number of carbonyl (C=O) groups excluding carboxylic acids is 1. The Hall–Kier alpha value is -1.42. The fraction of sp³-hybridized carbons (Fsp3) is 0.188. The number of hydrogen-bond donors (Lipinski definition) is 1. The third-order valence-electron chi connectivity index (χ3n) is 3.07. The van der Waals surface area contributed by atoms with Crippen LogP contribution in [0.1, 0.15) is 12.0 Å². The Morgan fingerprint density at radius 2 is 1.77 bits per heavy atom. The van der Waals surface area contributed by atoms with E-state index in [0.29, 0.717) is 32.9 Å². The van der Waals surface area contributed by atoms with Gasteiger partial charge in [-0.1, -0.05) is 40.9 Å². The van der Waals surface area contributed by atoms with Gasteiger partial charge in [-0.15, -0.1) is 0 Å². The quantitative estimate of drug-likeness (QED) is 0.795. The van der Waals surface area contributed by atoms with Crippen molar-refractivity contribution in [3.05, 3.63) is 57.0 Å². The minimum Gasteiger partial charge on any atom is -0.495 e. The number of aryl methyl sites for hydroxylation is 1. The van der Waals surface area contributed by atoms with E-state index >= 15 is 0 Å². The molecular weight excluding hydrogens is 345 g/mol. The lowest BCUT2D eigenvalue weighted by atomic mass is 10.1. The summed E-state index contributed by atoms with van der Waals surface area (Å²) in [5, 5.41) is 4.44. The van der Waals surface area contributed by atoms with Crippen molar-refractivity contribution in [2.45, 2.75) is 12.8 Å². The largest absolute Gasteiger partial charge is 0.495 e. The summed E-state index contributed by atoms with van der Waals surface area (Å²) in [7, 11) is 1.53. The average Bonchev–Trinajstić information content (AvgIpc) is 2.46. The lowest BCUT2D eigenvalue weighted by Crippen LogP contribution is -2.13. The molecule has 0 aliphatic carbocycles. The Morgan fingerprint density at radius 3 is 2.45 bits per heavy atom. The first kappa shape index (κ1) is 16.9. The van der Waals surface area contributed by atoms with E-state index in [0.717, 1.165) is 5.56 Å². The molecule has 0 fully saturated rings.